The van der Waals surface area contributed by atoms with Crippen LogP contribution in [0.25, 0.3) is 0 Å². The van der Waals surface area contributed by atoms with Crippen LogP contribution in [-0.4, -0.2) is 42.1 Å². The first-order valence-electron chi connectivity index (χ1n) is 12.8. The second-order valence-corrected chi connectivity index (χ2v) is 9.41. The van der Waals surface area contributed by atoms with Gasteiger partial charge in [0.25, 0.3) is 11.8 Å². The number of nitrogens with one attached hydrogen (secondary N) is 2. The lowest BCUT2D eigenvalue weighted by Crippen LogP contribution is -2.34. The first-order valence-corrected chi connectivity index (χ1v) is 12.8. The Morgan fingerprint density at radius 1 is 0.711 bits per heavy atom. The number of aryl methyl sites for hydroxylation is 1. The average molecular weight is 517 g/mol. The number of ether oxygens (including phenoxy) is 2. The average Bonchev–Trinajstić information content (AvgIpc) is 2.93. The topological polar surface area (TPSA) is 114 Å². The molecule has 0 heterocycles. The molecular formula is C30H32N2O6. The van der Waals surface area contributed by atoms with Crippen molar-refractivity contribution in [3.05, 3.63) is 89.5 Å². The molecule has 3 N–H and O–H groups in total. The van der Waals surface area contributed by atoms with Gasteiger partial charge in [-0.1, -0.05) is 17.7 Å². The molecule has 1 aliphatic rings. The highest BCUT2D eigenvalue weighted by Gasteiger charge is 2.26. The molecule has 0 unspecified atom stereocenters. The first-order chi connectivity index (χ1) is 18.4. The number of aliphatic carboxylic acids is 1. The maximum atomic E-state index is 12.4. The van der Waals surface area contributed by atoms with Crippen molar-refractivity contribution in [1.29, 1.82) is 0 Å². The van der Waals surface area contributed by atoms with Crippen LogP contribution >= 0.6 is 0 Å². The van der Waals surface area contributed by atoms with Crippen LogP contribution in [0.5, 0.6) is 17.2 Å². The highest BCUT2D eigenvalue weighted by Crippen LogP contribution is 2.28. The van der Waals surface area contributed by atoms with Gasteiger partial charge in [0.1, 0.15) is 17.2 Å². The summed E-state index contributed by atoms with van der Waals surface area (Å²) >= 11 is 0. The molecule has 1 saturated carbocycles. The summed E-state index contributed by atoms with van der Waals surface area (Å²) < 4.78 is 11.7. The SMILES string of the molecule is Cc1ccc(Oc2ccc(C(=O)NCCNC(=O)c3ccc(OC4CCC(C(=O)O)CC4)cc3)cc2)cc1. The van der Waals surface area contributed by atoms with Gasteiger partial charge in [0, 0.05) is 24.2 Å². The summed E-state index contributed by atoms with van der Waals surface area (Å²) in [4.78, 5) is 35.9. The van der Waals surface area contributed by atoms with E-state index >= 15 is 0 Å². The van der Waals surface area contributed by atoms with Crippen molar-refractivity contribution in [3.63, 3.8) is 0 Å². The van der Waals surface area contributed by atoms with Crippen LogP contribution in [-0.2, 0) is 4.79 Å². The largest absolute Gasteiger partial charge is 0.490 e. The number of carbonyl (C=O) groups excluding carboxylic acids is 2. The van der Waals surface area contributed by atoms with E-state index in [0.29, 0.717) is 48.3 Å². The number of carboxylic acid groups (broad SMARTS) is 1. The first kappa shape index (κ1) is 26.7. The zero-order chi connectivity index (χ0) is 26.9. The molecular weight excluding hydrogens is 484 g/mol. The summed E-state index contributed by atoms with van der Waals surface area (Å²) in [5.74, 6) is 0.519. The van der Waals surface area contributed by atoms with Crippen LogP contribution in [0.3, 0.4) is 0 Å². The van der Waals surface area contributed by atoms with Gasteiger partial charge in [-0.15, -0.1) is 0 Å². The maximum absolute atomic E-state index is 12.4. The van der Waals surface area contributed by atoms with Gasteiger partial charge in [0.2, 0.25) is 0 Å². The molecule has 0 bridgehead atoms. The quantitative estimate of drug-likeness (QED) is 0.328. The molecule has 0 aromatic heterocycles. The van der Waals surface area contributed by atoms with Gasteiger partial charge in [0.05, 0.1) is 12.0 Å². The minimum atomic E-state index is -0.739. The fourth-order valence-electron chi connectivity index (χ4n) is 4.28. The van der Waals surface area contributed by atoms with Gasteiger partial charge < -0.3 is 25.2 Å². The van der Waals surface area contributed by atoms with Gasteiger partial charge in [-0.05, 0) is 93.3 Å². The molecule has 8 nitrogen and oxygen atoms in total. The number of hydrogen-bond acceptors (Lipinski definition) is 5. The minimum Gasteiger partial charge on any atom is -0.490 e. The Hall–Kier alpha value is -4.33. The summed E-state index contributed by atoms with van der Waals surface area (Å²) in [5, 5.41) is 14.7. The van der Waals surface area contributed by atoms with Crippen molar-refractivity contribution < 1.29 is 29.0 Å². The molecule has 198 valence electrons. The molecule has 0 atom stereocenters. The van der Waals surface area contributed by atoms with Gasteiger partial charge in [0.15, 0.2) is 0 Å². The smallest absolute Gasteiger partial charge is 0.306 e. The van der Waals surface area contributed by atoms with E-state index in [-0.39, 0.29) is 36.9 Å². The lowest BCUT2D eigenvalue weighted by Gasteiger charge is -2.26. The number of hydrogen-bond donors (Lipinski definition) is 3. The predicted molar refractivity (Wildman–Crippen MR) is 143 cm³/mol. The Kier molecular flexibility index (Phi) is 8.98. The van der Waals surface area contributed by atoms with Gasteiger partial charge >= 0.3 is 5.97 Å². The van der Waals surface area contributed by atoms with E-state index < -0.39 is 5.97 Å². The Balaban J connectivity index is 1.16. The van der Waals surface area contributed by atoms with Crippen molar-refractivity contribution in [2.45, 2.75) is 38.7 Å². The van der Waals surface area contributed by atoms with E-state index in [1.165, 1.54) is 0 Å². The minimum absolute atomic E-state index is 0.00851. The fraction of sp³-hybridized carbons (Fsp3) is 0.300. The van der Waals surface area contributed by atoms with Crippen LogP contribution in [0.2, 0.25) is 0 Å². The molecule has 0 radical (unpaired) electrons. The van der Waals surface area contributed by atoms with Crippen molar-refractivity contribution in [3.8, 4) is 17.2 Å². The zero-order valence-electron chi connectivity index (χ0n) is 21.3. The Morgan fingerprint density at radius 2 is 1.16 bits per heavy atom. The van der Waals surface area contributed by atoms with E-state index in [1.807, 2.05) is 31.2 Å². The summed E-state index contributed by atoms with van der Waals surface area (Å²) in [7, 11) is 0. The molecule has 0 spiro atoms. The number of amides is 2. The molecule has 1 fully saturated rings. The van der Waals surface area contributed by atoms with E-state index in [2.05, 4.69) is 10.6 Å². The second kappa shape index (κ2) is 12.8. The number of carboxylic acids is 1. The van der Waals surface area contributed by atoms with E-state index in [0.717, 1.165) is 11.3 Å². The summed E-state index contributed by atoms with van der Waals surface area (Å²) in [5.41, 5.74) is 2.14. The number of benzene rings is 3. The maximum Gasteiger partial charge on any atom is 0.306 e. The number of rotatable bonds is 10. The standard InChI is InChI=1S/C30H32N2O6/c1-20-2-10-24(11-3-20)37-25-12-4-21(5-13-25)28(33)31-18-19-32-29(34)22-6-14-26(15-7-22)38-27-16-8-23(9-17-27)30(35)36/h2-7,10-15,23,27H,8-9,16-19H2,1H3,(H,31,33)(H,32,34)(H,35,36). The van der Waals surface area contributed by atoms with E-state index in [9.17, 15) is 14.4 Å². The molecule has 4 rings (SSSR count). The van der Waals surface area contributed by atoms with Gasteiger partial charge in [-0.3, -0.25) is 14.4 Å². The van der Waals surface area contributed by atoms with Crippen LogP contribution in [0.4, 0.5) is 0 Å². The third-order valence-electron chi connectivity index (χ3n) is 6.51. The predicted octanol–water partition coefficient (Wildman–Crippen LogP) is 4.97. The highest BCUT2D eigenvalue weighted by molar-refractivity contribution is 5.95. The monoisotopic (exact) mass is 516 g/mol. The molecule has 2 amide bonds. The summed E-state index contributed by atoms with van der Waals surface area (Å²) in [6.07, 6.45) is 2.63. The van der Waals surface area contributed by atoms with Crippen LogP contribution in [0.1, 0.15) is 52.0 Å². The lowest BCUT2D eigenvalue weighted by molar-refractivity contribution is -0.143. The molecule has 0 saturated heterocycles. The zero-order valence-corrected chi connectivity index (χ0v) is 21.3. The van der Waals surface area contributed by atoms with Crippen molar-refractivity contribution in [2.75, 3.05) is 13.1 Å². The van der Waals surface area contributed by atoms with E-state index in [4.69, 9.17) is 14.6 Å². The normalized spacial score (nSPS) is 16.8. The lowest BCUT2D eigenvalue weighted by atomic mass is 9.87. The molecule has 8 heteroatoms. The summed E-state index contributed by atoms with van der Waals surface area (Å²) in [6.45, 7) is 2.58. The second-order valence-electron chi connectivity index (χ2n) is 9.41. The Labute approximate surface area is 222 Å². The Bertz CT molecular complexity index is 1230. The molecule has 38 heavy (non-hydrogen) atoms. The van der Waals surface area contributed by atoms with Gasteiger partial charge in [-0.25, -0.2) is 0 Å². The molecule has 3 aromatic carbocycles. The Morgan fingerprint density at radius 3 is 1.63 bits per heavy atom. The van der Waals surface area contributed by atoms with Crippen LogP contribution in [0, 0.1) is 12.8 Å². The molecule has 3 aromatic rings. The third kappa shape index (κ3) is 7.59. The summed E-state index contributed by atoms with van der Waals surface area (Å²) in [6, 6.07) is 21.5. The van der Waals surface area contributed by atoms with Gasteiger partial charge in [-0.2, -0.15) is 0 Å². The van der Waals surface area contributed by atoms with Crippen molar-refractivity contribution in [2.24, 2.45) is 5.92 Å². The van der Waals surface area contributed by atoms with E-state index in [1.54, 1.807) is 48.5 Å². The van der Waals surface area contributed by atoms with Crippen LogP contribution in [0.15, 0.2) is 72.8 Å². The van der Waals surface area contributed by atoms with Crippen LogP contribution < -0.4 is 20.1 Å². The van der Waals surface area contributed by atoms with Crippen molar-refractivity contribution >= 4 is 17.8 Å². The third-order valence-corrected chi connectivity index (χ3v) is 6.51. The van der Waals surface area contributed by atoms with Crippen molar-refractivity contribution in [1.82, 2.24) is 10.6 Å². The molecule has 1 aliphatic carbocycles. The highest BCUT2D eigenvalue weighted by atomic mass is 16.5. The fourth-order valence-corrected chi connectivity index (χ4v) is 4.28. The molecule has 0 aliphatic heterocycles. The number of carbonyl (C=O) groups is 3.